The Kier molecular flexibility index (Phi) is 3.26. The normalized spacial score (nSPS) is 27.4. The van der Waals surface area contributed by atoms with Gasteiger partial charge in [0.05, 0.1) is 6.54 Å². The molecule has 0 radical (unpaired) electrons. The van der Waals surface area contributed by atoms with Crippen LogP contribution in [0.2, 0.25) is 0 Å². The molecule has 1 saturated heterocycles. The van der Waals surface area contributed by atoms with Crippen molar-refractivity contribution >= 4 is 22.9 Å². The number of aliphatic imine (C=N–C) groups is 1. The molecule has 0 spiro atoms. The first-order valence-electron chi connectivity index (χ1n) is 7.33. The zero-order valence-electron chi connectivity index (χ0n) is 12.1. The van der Waals surface area contributed by atoms with Crippen molar-refractivity contribution in [3.05, 3.63) is 54.4 Å². The molecule has 2 N–H and O–H groups in total. The second-order valence-corrected chi connectivity index (χ2v) is 6.72. The molecule has 2 aliphatic rings. The van der Waals surface area contributed by atoms with Crippen LogP contribution in [0.15, 0.2) is 53.8 Å². The Morgan fingerprint density at radius 3 is 2.68 bits per heavy atom. The third kappa shape index (κ3) is 2.14. The average molecular weight is 311 g/mol. The van der Waals surface area contributed by atoms with E-state index < -0.39 is 0 Å². The van der Waals surface area contributed by atoms with Gasteiger partial charge < -0.3 is 10.6 Å². The molecule has 2 aromatic rings. The van der Waals surface area contributed by atoms with Gasteiger partial charge in [0.15, 0.2) is 5.17 Å². The molecule has 5 nitrogen and oxygen atoms in total. The van der Waals surface area contributed by atoms with Crippen molar-refractivity contribution in [3.63, 3.8) is 0 Å². The van der Waals surface area contributed by atoms with Gasteiger partial charge in [-0.3, -0.25) is 0 Å². The number of nitrogens with zero attached hydrogens (tertiary/aromatic N) is 4. The summed E-state index contributed by atoms with van der Waals surface area (Å²) in [7, 11) is 0. The highest BCUT2D eigenvalue weighted by molar-refractivity contribution is 8.13. The highest BCUT2D eigenvalue weighted by Crippen LogP contribution is 2.45. The summed E-state index contributed by atoms with van der Waals surface area (Å²) < 4.78 is 0. The van der Waals surface area contributed by atoms with Crippen molar-refractivity contribution in [2.75, 3.05) is 23.7 Å². The predicted molar refractivity (Wildman–Crippen MR) is 89.9 cm³/mol. The highest BCUT2D eigenvalue weighted by atomic mass is 32.2. The summed E-state index contributed by atoms with van der Waals surface area (Å²) in [5.41, 5.74) is 7.00. The predicted octanol–water partition coefficient (Wildman–Crippen LogP) is 1.87. The Hall–Kier alpha value is -2.08. The standard InChI is InChI=1S/C16H17N5S/c17-14-20-16(12-5-2-1-3-6-12)11-21(9-13(16)10-22-14)15-18-7-4-8-19-15/h1-8,13H,9-11H2,(H2,17,20). The lowest BCUT2D eigenvalue weighted by Gasteiger charge is -2.34. The van der Waals surface area contributed by atoms with Gasteiger partial charge in [-0.2, -0.15) is 0 Å². The number of anilines is 1. The van der Waals surface area contributed by atoms with E-state index in [1.807, 2.05) is 12.1 Å². The van der Waals surface area contributed by atoms with Gasteiger partial charge in [0.1, 0.15) is 5.54 Å². The van der Waals surface area contributed by atoms with Crippen LogP contribution in [-0.4, -0.2) is 34.0 Å². The molecule has 3 heterocycles. The van der Waals surface area contributed by atoms with Gasteiger partial charge >= 0.3 is 0 Å². The lowest BCUT2D eigenvalue weighted by atomic mass is 9.82. The summed E-state index contributed by atoms with van der Waals surface area (Å²) in [6, 6.07) is 12.3. The van der Waals surface area contributed by atoms with Crippen LogP contribution in [0.1, 0.15) is 5.56 Å². The average Bonchev–Trinajstić information content (AvgIpc) is 2.96. The molecule has 0 aliphatic carbocycles. The number of aromatic nitrogens is 2. The van der Waals surface area contributed by atoms with E-state index in [2.05, 4.69) is 39.1 Å². The maximum Gasteiger partial charge on any atom is 0.225 e. The third-order valence-electron chi connectivity index (χ3n) is 4.40. The van der Waals surface area contributed by atoms with E-state index in [9.17, 15) is 0 Å². The Balaban J connectivity index is 1.77. The van der Waals surface area contributed by atoms with Crippen molar-refractivity contribution in [3.8, 4) is 0 Å². The molecule has 0 amide bonds. The number of fused-ring (bicyclic) bond motifs is 1. The van der Waals surface area contributed by atoms with Crippen molar-refractivity contribution in [1.29, 1.82) is 0 Å². The van der Waals surface area contributed by atoms with Crippen LogP contribution in [0, 0.1) is 5.92 Å². The Labute approximate surface area is 133 Å². The van der Waals surface area contributed by atoms with Crippen LogP contribution >= 0.6 is 11.8 Å². The molecule has 0 saturated carbocycles. The van der Waals surface area contributed by atoms with E-state index in [1.54, 1.807) is 24.2 Å². The first-order valence-corrected chi connectivity index (χ1v) is 8.32. The first kappa shape index (κ1) is 13.6. The van der Waals surface area contributed by atoms with Crippen molar-refractivity contribution in [2.24, 2.45) is 16.6 Å². The van der Waals surface area contributed by atoms with E-state index >= 15 is 0 Å². The number of nitrogens with two attached hydrogens (primary N) is 1. The lowest BCUT2D eigenvalue weighted by molar-refractivity contribution is 0.387. The van der Waals surface area contributed by atoms with Gasteiger partial charge in [0.25, 0.3) is 0 Å². The lowest BCUT2D eigenvalue weighted by Crippen LogP contribution is -2.40. The van der Waals surface area contributed by atoms with Gasteiger partial charge in [-0.05, 0) is 11.6 Å². The number of hydrogen-bond donors (Lipinski definition) is 1. The van der Waals surface area contributed by atoms with Crippen LogP contribution in [-0.2, 0) is 5.54 Å². The Morgan fingerprint density at radius 2 is 1.91 bits per heavy atom. The first-order chi connectivity index (χ1) is 10.8. The second-order valence-electron chi connectivity index (χ2n) is 5.68. The summed E-state index contributed by atoms with van der Waals surface area (Å²) in [6.45, 7) is 1.68. The third-order valence-corrected chi connectivity index (χ3v) is 5.35. The van der Waals surface area contributed by atoms with Gasteiger partial charge in [0.2, 0.25) is 5.95 Å². The topological polar surface area (TPSA) is 67.4 Å². The van der Waals surface area contributed by atoms with E-state index in [1.165, 1.54) is 5.56 Å². The molecule has 1 aromatic heterocycles. The van der Waals surface area contributed by atoms with Gasteiger partial charge in [-0.25, -0.2) is 15.0 Å². The highest BCUT2D eigenvalue weighted by Gasteiger charge is 2.50. The minimum Gasteiger partial charge on any atom is -0.379 e. The van der Waals surface area contributed by atoms with E-state index in [0.717, 1.165) is 24.8 Å². The molecule has 0 bridgehead atoms. The molecule has 2 atom stereocenters. The second kappa shape index (κ2) is 5.28. The number of hydrogen-bond acceptors (Lipinski definition) is 6. The fraction of sp³-hybridized carbons (Fsp3) is 0.312. The summed E-state index contributed by atoms with van der Waals surface area (Å²) in [4.78, 5) is 15.9. The largest absolute Gasteiger partial charge is 0.379 e. The zero-order chi connectivity index (χ0) is 15.0. The number of benzene rings is 1. The maximum absolute atomic E-state index is 6.06. The quantitative estimate of drug-likeness (QED) is 0.917. The van der Waals surface area contributed by atoms with Crippen LogP contribution in [0.4, 0.5) is 5.95 Å². The zero-order valence-corrected chi connectivity index (χ0v) is 12.9. The summed E-state index contributed by atoms with van der Waals surface area (Å²) in [6.07, 6.45) is 3.57. The number of rotatable bonds is 2. The fourth-order valence-electron chi connectivity index (χ4n) is 3.36. The number of thioether (sulfide) groups is 1. The molecule has 112 valence electrons. The monoisotopic (exact) mass is 311 g/mol. The van der Waals surface area contributed by atoms with Crippen LogP contribution in [0.25, 0.3) is 0 Å². The molecular weight excluding hydrogens is 294 g/mol. The smallest absolute Gasteiger partial charge is 0.225 e. The molecule has 1 aromatic carbocycles. The van der Waals surface area contributed by atoms with Gasteiger partial charge in [-0.15, -0.1) is 0 Å². The summed E-state index contributed by atoms with van der Waals surface area (Å²) >= 11 is 1.65. The van der Waals surface area contributed by atoms with Crippen LogP contribution in [0.5, 0.6) is 0 Å². The van der Waals surface area contributed by atoms with Crippen LogP contribution in [0.3, 0.4) is 0 Å². The van der Waals surface area contributed by atoms with E-state index in [0.29, 0.717) is 11.1 Å². The minimum absolute atomic E-state index is 0.282. The molecule has 22 heavy (non-hydrogen) atoms. The summed E-state index contributed by atoms with van der Waals surface area (Å²) in [5, 5.41) is 0.677. The molecule has 2 unspecified atom stereocenters. The molecule has 4 rings (SSSR count). The van der Waals surface area contributed by atoms with Crippen molar-refractivity contribution in [2.45, 2.75) is 5.54 Å². The molecular formula is C16H17N5S. The van der Waals surface area contributed by atoms with Gasteiger partial charge in [0, 0.05) is 30.6 Å². The van der Waals surface area contributed by atoms with Gasteiger partial charge in [-0.1, -0.05) is 42.1 Å². The fourth-order valence-corrected chi connectivity index (χ4v) is 4.34. The van der Waals surface area contributed by atoms with Crippen molar-refractivity contribution in [1.82, 2.24) is 9.97 Å². The minimum atomic E-state index is -0.282. The SMILES string of the molecule is NC1=NC2(c3ccccc3)CN(c3ncccn3)CC2CS1. The van der Waals surface area contributed by atoms with Crippen LogP contribution < -0.4 is 10.6 Å². The van der Waals surface area contributed by atoms with E-state index in [-0.39, 0.29) is 5.54 Å². The number of amidine groups is 1. The van der Waals surface area contributed by atoms with E-state index in [4.69, 9.17) is 10.7 Å². The Morgan fingerprint density at radius 1 is 1.14 bits per heavy atom. The molecule has 1 fully saturated rings. The van der Waals surface area contributed by atoms with Crippen molar-refractivity contribution < 1.29 is 0 Å². The maximum atomic E-state index is 6.06. The Bertz CT molecular complexity index is 690. The summed E-state index contributed by atoms with van der Waals surface area (Å²) in [5.74, 6) is 2.16. The molecule has 2 aliphatic heterocycles. The molecule has 6 heteroatoms.